The molecule has 1 aromatic carbocycles. The molecule has 0 aromatic heterocycles. The molecule has 13 heavy (non-hydrogen) atoms. The Morgan fingerprint density at radius 1 is 1.23 bits per heavy atom. The predicted octanol–water partition coefficient (Wildman–Crippen LogP) is 2.27. The molecule has 0 amide bonds. The Morgan fingerprint density at radius 2 is 1.85 bits per heavy atom. The van der Waals surface area contributed by atoms with E-state index in [1.54, 1.807) is 0 Å². The van der Waals surface area contributed by atoms with E-state index >= 15 is 0 Å². The second-order valence-electron chi connectivity index (χ2n) is 4.29. The summed E-state index contributed by atoms with van der Waals surface area (Å²) in [5.41, 5.74) is 8.55. The highest BCUT2D eigenvalue weighted by atomic mass is 14.7. The molecular weight excluding hydrogens is 158 g/mol. The van der Waals surface area contributed by atoms with E-state index in [4.69, 9.17) is 5.73 Å². The van der Waals surface area contributed by atoms with Gasteiger partial charge in [-0.1, -0.05) is 29.8 Å². The normalized spacial score (nSPS) is 26.9. The van der Waals surface area contributed by atoms with Gasteiger partial charge in [0.1, 0.15) is 0 Å². The molecule has 1 saturated carbocycles. The van der Waals surface area contributed by atoms with Crippen molar-refractivity contribution in [3.63, 3.8) is 0 Å². The average Bonchev–Trinajstić information content (AvgIpc) is 2.06. The van der Waals surface area contributed by atoms with Crippen molar-refractivity contribution >= 4 is 0 Å². The van der Waals surface area contributed by atoms with Gasteiger partial charge in [-0.25, -0.2) is 0 Å². The van der Waals surface area contributed by atoms with Crippen molar-refractivity contribution in [3.8, 4) is 0 Å². The van der Waals surface area contributed by atoms with Gasteiger partial charge in [-0.05, 0) is 37.7 Å². The Hall–Kier alpha value is -0.820. The van der Waals surface area contributed by atoms with Crippen molar-refractivity contribution in [1.29, 1.82) is 0 Å². The molecule has 0 radical (unpaired) electrons. The third-order valence-electron chi connectivity index (χ3n) is 2.92. The standard InChI is InChI=1S/C12H17N/c1-9-2-4-10(5-3-9)6-11-7-12(13)8-11/h2-5,11-12H,6-8,13H2,1H3. The van der Waals surface area contributed by atoms with E-state index in [0.717, 1.165) is 5.92 Å². The molecule has 0 unspecified atom stereocenters. The Kier molecular flexibility index (Phi) is 2.36. The van der Waals surface area contributed by atoms with Gasteiger partial charge in [-0.15, -0.1) is 0 Å². The molecule has 70 valence electrons. The van der Waals surface area contributed by atoms with E-state index in [1.165, 1.54) is 30.4 Å². The molecule has 1 heteroatoms. The lowest BCUT2D eigenvalue weighted by Gasteiger charge is -2.32. The lowest BCUT2D eigenvalue weighted by molar-refractivity contribution is 0.264. The van der Waals surface area contributed by atoms with Crippen molar-refractivity contribution in [2.24, 2.45) is 11.7 Å². The summed E-state index contributed by atoms with van der Waals surface area (Å²) in [6, 6.07) is 9.33. The third-order valence-corrected chi connectivity index (χ3v) is 2.92. The zero-order chi connectivity index (χ0) is 9.26. The predicted molar refractivity (Wildman–Crippen MR) is 55.6 cm³/mol. The molecule has 1 fully saturated rings. The van der Waals surface area contributed by atoms with Gasteiger partial charge in [0.2, 0.25) is 0 Å². The van der Waals surface area contributed by atoms with Crippen LogP contribution in [0.3, 0.4) is 0 Å². The summed E-state index contributed by atoms with van der Waals surface area (Å²) >= 11 is 0. The fraction of sp³-hybridized carbons (Fsp3) is 0.500. The lowest BCUT2D eigenvalue weighted by atomic mass is 9.77. The van der Waals surface area contributed by atoms with Crippen LogP contribution < -0.4 is 5.73 Å². The molecule has 0 heterocycles. The Bertz CT molecular complexity index is 270. The smallest absolute Gasteiger partial charge is 0.00443 e. The molecule has 0 spiro atoms. The first-order valence-electron chi connectivity index (χ1n) is 5.05. The van der Waals surface area contributed by atoms with E-state index in [9.17, 15) is 0 Å². The van der Waals surface area contributed by atoms with Gasteiger partial charge < -0.3 is 5.73 Å². The minimum Gasteiger partial charge on any atom is -0.328 e. The van der Waals surface area contributed by atoms with Gasteiger partial charge in [0.25, 0.3) is 0 Å². The first-order valence-corrected chi connectivity index (χ1v) is 5.05. The minimum atomic E-state index is 0.482. The highest BCUT2D eigenvalue weighted by molar-refractivity contribution is 5.22. The molecular formula is C12H17N. The molecule has 2 rings (SSSR count). The number of hydrogen-bond acceptors (Lipinski definition) is 1. The number of aryl methyl sites for hydroxylation is 1. The van der Waals surface area contributed by atoms with Crippen molar-refractivity contribution < 1.29 is 0 Å². The van der Waals surface area contributed by atoms with Gasteiger partial charge in [-0.2, -0.15) is 0 Å². The zero-order valence-corrected chi connectivity index (χ0v) is 8.16. The molecule has 0 bridgehead atoms. The number of nitrogens with two attached hydrogens (primary N) is 1. The van der Waals surface area contributed by atoms with Crippen LogP contribution in [0, 0.1) is 12.8 Å². The van der Waals surface area contributed by atoms with E-state index in [-0.39, 0.29) is 0 Å². The lowest BCUT2D eigenvalue weighted by Crippen LogP contribution is -2.37. The van der Waals surface area contributed by atoms with Crippen LogP contribution in [0.2, 0.25) is 0 Å². The summed E-state index contributed by atoms with van der Waals surface area (Å²) in [5, 5.41) is 0. The van der Waals surface area contributed by atoms with Gasteiger partial charge >= 0.3 is 0 Å². The Labute approximate surface area is 80.0 Å². The van der Waals surface area contributed by atoms with Crippen LogP contribution >= 0.6 is 0 Å². The van der Waals surface area contributed by atoms with Crippen LogP contribution in [0.15, 0.2) is 24.3 Å². The number of benzene rings is 1. The summed E-state index contributed by atoms with van der Waals surface area (Å²) in [6.07, 6.45) is 3.65. The minimum absolute atomic E-state index is 0.482. The van der Waals surface area contributed by atoms with E-state index in [0.29, 0.717) is 6.04 Å². The molecule has 2 N–H and O–H groups in total. The first kappa shape index (κ1) is 8.76. The zero-order valence-electron chi connectivity index (χ0n) is 8.16. The molecule has 0 aliphatic heterocycles. The van der Waals surface area contributed by atoms with E-state index in [1.807, 2.05) is 0 Å². The monoisotopic (exact) mass is 175 g/mol. The maximum Gasteiger partial charge on any atom is 0.00443 e. The van der Waals surface area contributed by atoms with Crippen molar-refractivity contribution in [1.82, 2.24) is 0 Å². The van der Waals surface area contributed by atoms with Crippen LogP contribution in [-0.2, 0) is 6.42 Å². The van der Waals surface area contributed by atoms with Crippen LogP contribution in [0.1, 0.15) is 24.0 Å². The first-order chi connectivity index (χ1) is 6.24. The Morgan fingerprint density at radius 3 is 2.38 bits per heavy atom. The van der Waals surface area contributed by atoms with Gasteiger partial charge in [0.15, 0.2) is 0 Å². The summed E-state index contributed by atoms with van der Waals surface area (Å²) in [5.74, 6) is 0.845. The van der Waals surface area contributed by atoms with Crippen molar-refractivity contribution in [3.05, 3.63) is 35.4 Å². The van der Waals surface area contributed by atoms with Crippen molar-refractivity contribution in [2.75, 3.05) is 0 Å². The summed E-state index contributed by atoms with van der Waals surface area (Å²) in [7, 11) is 0. The van der Waals surface area contributed by atoms with Crippen LogP contribution in [0.5, 0.6) is 0 Å². The SMILES string of the molecule is Cc1ccc(CC2CC(N)C2)cc1. The summed E-state index contributed by atoms with van der Waals surface area (Å²) in [4.78, 5) is 0. The second kappa shape index (κ2) is 3.51. The number of hydrogen-bond donors (Lipinski definition) is 1. The van der Waals surface area contributed by atoms with E-state index < -0.39 is 0 Å². The van der Waals surface area contributed by atoms with Crippen LogP contribution in [0.25, 0.3) is 0 Å². The largest absolute Gasteiger partial charge is 0.328 e. The van der Waals surface area contributed by atoms with Gasteiger partial charge in [0.05, 0.1) is 0 Å². The third kappa shape index (κ3) is 2.10. The van der Waals surface area contributed by atoms with E-state index in [2.05, 4.69) is 31.2 Å². The highest BCUT2D eigenvalue weighted by Gasteiger charge is 2.25. The molecule has 1 aromatic rings. The van der Waals surface area contributed by atoms with Gasteiger partial charge in [0, 0.05) is 6.04 Å². The summed E-state index contributed by atoms with van der Waals surface area (Å²) < 4.78 is 0. The van der Waals surface area contributed by atoms with Crippen molar-refractivity contribution in [2.45, 2.75) is 32.2 Å². The van der Waals surface area contributed by atoms with Gasteiger partial charge in [-0.3, -0.25) is 0 Å². The molecule has 1 aliphatic rings. The fourth-order valence-corrected chi connectivity index (χ4v) is 2.01. The highest BCUT2D eigenvalue weighted by Crippen LogP contribution is 2.28. The number of rotatable bonds is 2. The quantitative estimate of drug-likeness (QED) is 0.733. The maximum absolute atomic E-state index is 5.75. The average molecular weight is 175 g/mol. The maximum atomic E-state index is 5.75. The fourth-order valence-electron chi connectivity index (χ4n) is 2.01. The molecule has 0 atom stereocenters. The second-order valence-corrected chi connectivity index (χ2v) is 4.29. The molecule has 1 nitrogen and oxygen atoms in total. The molecule has 1 aliphatic carbocycles. The molecule has 0 saturated heterocycles. The summed E-state index contributed by atoms with van der Waals surface area (Å²) in [6.45, 7) is 2.13. The Balaban J connectivity index is 1.91. The van der Waals surface area contributed by atoms with Crippen LogP contribution in [-0.4, -0.2) is 6.04 Å². The van der Waals surface area contributed by atoms with Crippen LogP contribution in [0.4, 0.5) is 0 Å². The topological polar surface area (TPSA) is 26.0 Å².